The quantitative estimate of drug-likeness (QED) is 0.437. The molecule has 146 valence electrons. The summed E-state index contributed by atoms with van der Waals surface area (Å²) in [4.78, 5) is 18.8. The summed E-state index contributed by atoms with van der Waals surface area (Å²) in [5, 5.41) is 1.90. The van der Waals surface area contributed by atoms with E-state index < -0.39 is 11.7 Å². The molecule has 5 heteroatoms. The van der Waals surface area contributed by atoms with Gasteiger partial charge in [0.1, 0.15) is 5.69 Å². The molecule has 1 unspecified atom stereocenters. The smallest absolute Gasteiger partial charge is 0.308 e. The fraction of sp³-hybridized carbons (Fsp3) is 0.250. The van der Waals surface area contributed by atoms with E-state index >= 15 is 0 Å². The minimum Gasteiger partial charge on any atom is -0.456 e. The second-order valence-electron chi connectivity index (χ2n) is 8.13. The summed E-state index contributed by atoms with van der Waals surface area (Å²) < 4.78 is 12.3. The van der Waals surface area contributed by atoms with Gasteiger partial charge in [0.15, 0.2) is 11.5 Å². The molecule has 2 aliphatic rings. The first kappa shape index (κ1) is 17.7. The molecule has 3 aromatic carbocycles. The lowest BCUT2D eigenvalue weighted by Gasteiger charge is -2.45. The van der Waals surface area contributed by atoms with E-state index in [0.29, 0.717) is 17.2 Å². The van der Waals surface area contributed by atoms with E-state index in [0.717, 1.165) is 16.5 Å². The van der Waals surface area contributed by atoms with Crippen molar-refractivity contribution in [2.24, 2.45) is 4.99 Å². The zero-order chi connectivity index (χ0) is 20.4. The van der Waals surface area contributed by atoms with Gasteiger partial charge in [0.2, 0.25) is 5.72 Å². The minimum absolute atomic E-state index is 0.376. The summed E-state index contributed by atoms with van der Waals surface area (Å²) in [6, 6.07) is 18.0. The number of hydrogen-bond donors (Lipinski definition) is 0. The van der Waals surface area contributed by atoms with Crippen LogP contribution in [0.4, 0.5) is 11.4 Å². The van der Waals surface area contributed by atoms with Gasteiger partial charge in [0.25, 0.3) is 0 Å². The molecular weight excluding hydrogens is 364 g/mol. The Kier molecular flexibility index (Phi) is 3.57. The molecule has 0 N–H and O–H groups in total. The van der Waals surface area contributed by atoms with Crippen LogP contribution in [-0.4, -0.2) is 25.0 Å². The monoisotopic (exact) mass is 386 g/mol. The zero-order valence-corrected chi connectivity index (χ0v) is 16.9. The molecule has 1 atom stereocenters. The normalized spacial score (nSPS) is 21.0. The van der Waals surface area contributed by atoms with Gasteiger partial charge in [0.05, 0.1) is 11.6 Å². The predicted octanol–water partition coefficient (Wildman–Crippen LogP) is 4.98. The van der Waals surface area contributed by atoms with Gasteiger partial charge in [-0.05, 0) is 36.9 Å². The highest BCUT2D eigenvalue weighted by Gasteiger charge is 2.58. The third-order valence-electron chi connectivity index (χ3n) is 6.15. The van der Waals surface area contributed by atoms with Crippen LogP contribution in [0.15, 0.2) is 59.6 Å². The van der Waals surface area contributed by atoms with Crippen molar-refractivity contribution >= 4 is 34.3 Å². The molecule has 1 spiro atoms. The number of hydrogen-bond acceptors (Lipinski definition) is 5. The summed E-state index contributed by atoms with van der Waals surface area (Å²) in [7, 11) is 2.01. The van der Waals surface area contributed by atoms with Crippen LogP contribution in [0.1, 0.15) is 26.3 Å². The number of esters is 1. The van der Waals surface area contributed by atoms with Crippen LogP contribution in [0, 0.1) is 0 Å². The number of para-hydroxylation sites is 1. The summed E-state index contributed by atoms with van der Waals surface area (Å²) in [6.45, 7) is 5.70. The lowest BCUT2D eigenvalue weighted by Crippen LogP contribution is -2.61. The highest BCUT2D eigenvalue weighted by molar-refractivity contribution is 6.02. The molecule has 29 heavy (non-hydrogen) atoms. The zero-order valence-electron chi connectivity index (χ0n) is 16.9. The van der Waals surface area contributed by atoms with E-state index in [-0.39, 0.29) is 5.41 Å². The van der Waals surface area contributed by atoms with E-state index in [1.807, 2.05) is 55.7 Å². The van der Waals surface area contributed by atoms with Gasteiger partial charge < -0.3 is 14.4 Å². The molecule has 0 bridgehead atoms. The lowest BCUT2D eigenvalue weighted by atomic mass is 9.77. The molecule has 0 radical (unpaired) electrons. The fourth-order valence-corrected chi connectivity index (χ4v) is 4.61. The Morgan fingerprint density at radius 1 is 1.10 bits per heavy atom. The van der Waals surface area contributed by atoms with Crippen LogP contribution in [0.25, 0.3) is 10.8 Å². The maximum Gasteiger partial charge on any atom is 0.308 e. The van der Waals surface area contributed by atoms with Crippen LogP contribution in [0.3, 0.4) is 0 Å². The number of anilines is 1. The Hall–Kier alpha value is -3.34. The SMILES string of the molecule is CC(=O)Oc1cc2ccccc2c2c1OC1(C=N2)N(C)c2ccccc2C1(C)C. The third-order valence-corrected chi connectivity index (χ3v) is 6.15. The van der Waals surface area contributed by atoms with Crippen molar-refractivity contribution in [2.75, 3.05) is 11.9 Å². The fourth-order valence-electron chi connectivity index (χ4n) is 4.61. The molecule has 0 saturated heterocycles. The van der Waals surface area contributed by atoms with Crippen LogP contribution in [0.5, 0.6) is 11.5 Å². The average molecular weight is 386 g/mol. The topological polar surface area (TPSA) is 51.1 Å². The number of carbonyl (C=O) groups excluding carboxylic acids is 1. The Morgan fingerprint density at radius 2 is 1.83 bits per heavy atom. The van der Waals surface area contributed by atoms with Gasteiger partial charge in [-0.3, -0.25) is 9.79 Å². The van der Waals surface area contributed by atoms with Crippen LogP contribution in [0.2, 0.25) is 0 Å². The number of rotatable bonds is 1. The molecule has 0 amide bonds. The van der Waals surface area contributed by atoms with Gasteiger partial charge in [0, 0.05) is 25.0 Å². The Labute approximate surface area is 169 Å². The van der Waals surface area contributed by atoms with E-state index in [4.69, 9.17) is 14.5 Å². The molecule has 0 aromatic heterocycles. The number of fused-ring (bicyclic) bond motifs is 4. The Morgan fingerprint density at radius 3 is 2.59 bits per heavy atom. The van der Waals surface area contributed by atoms with Crippen LogP contribution >= 0.6 is 0 Å². The van der Waals surface area contributed by atoms with Crippen molar-refractivity contribution in [3.63, 3.8) is 0 Å². The minimum atomic E-state index is -0.832. The summed E-state index contributed by atoms with van der Waals surface area (Å²) in [5.74, 6) is 0.494. The van der Waals surface area contributed by atoms with Crippen molar-refractivity contribution in [1.82, 2.24) is 0 Å². The Bertz CT molecular complexity index is 1200. The molecule has 2 aliphatic heterocycles. The highest BCUT2D eigenvalue weighted by Crippen LogP contribution is 2.56. The number of carbonyl (C=O) groups is 1. The highest BCUT2D eigenvalue weighted by atomic mass is 16.6. The van der Waals surface area contributed by atoms with Crippen LogP contribution in [-0.2, 0) is 10.2 Å². The first-order chi connectivity index (χ1) is 13.8. The maximum atomic E-state index is 11.8. The van der Waals surface area contributed by atoms with Gasteiger partial charge >= 0.3 is 5.97 Å². The number of ether oxygens (including phenoxy) is 2. The van der Waals surface area contributed by atoms with Crippen molar-refractivity contribution in [1.29, 1.82) is 0 Å². The van der Waals surface area contributed by atoms with Crippen molar-refractivity contribution in [3.05, 3.63) is 60.2 Å². The second-order valence-corrected chi connectivity index (χ2v) is 8.13. The molecule has 0 fully saturated rings. The standard InChI is InChI=1S/C24H22N2O3/c1-15(27)28-20-13-16-9-5-6-10-17(16)21-22(20)29-24(14-25-21)23(2,3)18-11-7-8-12-19(18)26(24)4/h5-14H,1-4H3. The van der Waals surface area contributed by atoms with E-state index in [2.05, 4.69) is 30.9 Å². The molecular formula is C24H22N2O3. The third kappa shape index (κ3) is 2.27. The van der Waals surface area contributed by atoms with Crippen molar-refractivity contribution in [2.45, 2.75) is 31.9 Å². The summed E-state index contributed by atoms with van der Waals surface area (Å²) >= 11 is 0. The molecule has 5 rings (SSSR count). The average Bonchev–Trinajstić information content (AvgIpc) is 2.87. The lowest BCUT2D eigenvalue weighted by molar-refractivity contribution is -0.132. The molecule has 0 saturated carbocycles. The molecule has 3 aromatic rings. The number of likely N-dealkylation sites (N-methyl/N-ethyl adjacent to an activating group) is 1. The molecule has 5 nitrogen and oxygen atoms in total. The van der Waals surface area contributed by atoms with Gasteiger partial charge in [-0.1, -0.05) is 42.5 Å². The van der Waals surface area contributed by atoms with E-state index in [9.17, 15) is 4.79 Å². The summed E-state index contributed by atoms with van der Waals surface area (Å²) in [5.41, 5.74) is 1.76. The largest absolute Gasteiger partial charge is 0.456 e. The van der Waals surface area contributed by atoms with Crippen LogP contribution < -0.4 is 14.4 Å². The van der Waals surface area contributed by atoms with E-state index in [1.54, 1.807) is 0 Å². The maximum absolute atomic E-state index is 11.8. The summed E-state index contributed by atoms with van der Waals surface area (Å²) in [6.07, 6.45) is 1.89. The van der Waals surface area contributed by atoms with Gasteiger partial charge in [-0.15, -0.1) is 0 Å². The van der Waals surface area contributed by atoms with E-state index in [1.165, 1.54) is 12.5 Å². The number of aliphatic imine (C=N–C) groups is 1. The molecule has 0 aliphatic carbocycles. The molecule has 2 heterocycles. The number of benzene rings is 3. The van der Waals surface area contributed by atoms with Gasteiger partial charge in [-0.25, -0.2) is 0 Å². The first-order valence-corrected chi connectivity index (χ1v) is 9.67. The number of nitrogens with zero attached hydrogens (tertiary/aromatic N) is 2. The second kappa shape index (κ2) is 5.83. The van der Waals surface area contributed by atoms with Gasteiger partial charge in [-0.2, -0.15) is 0 Å². The van der Waals surface area contributed by atoms with Crippen molar-refractivity contribution in [3.8, 4) is 11.5 Å². The van der Waals surface area contributed by atoms with Crippen molar-refractivity contribution < 1.29 is 14.3 Å². The Balaban J connectivity index is 1.75. The first-order valence-electron chi connectivity index (χ1n) is 9.67. The predicted molar refractivity (Wildman–Crippen MR) is 115 cm³/mol.